The lowest BCUT2D eigenvalue weighted by atomic mass is 10.1. The van der Waals surface area contributed by atoms with Crippen LogP contribution in [0.4, 0.5) is 17.2 Å². The fourth-order valence-corrected chi connectivity index (χ4v) is 4.82. The van der Waals surface area contributed by atoms with E-state index < -0.39 is 10.0 Å². The Labute approximate surface area is 148 Å². The van der Waals surface area contributed by atoms with E-state index in [2.05, 4.69) is 15.3 Å². The maximum atomic E-state index is 12.1. The molecule has 1 aromatic carbocycles. The predicted octanol–water partition coefficient (Wildman–Crippen LogP) is 3.41. The van der Waals surface area contributed by atoms with E-state index in [9.17, 15) is 8.42 Å². The maximum absolute atomic E-state index is 12.1. The summed E-state index contributed by atoms with van der Waals surface area (Å²) in [7, 11) is -3.33. The number of sulfonamides is 1. The molecule has 6 nitrogen and oxygen atoms in total. The van der Waals surface area contributed by atoms with Crippen LogP contribution in [0.15, 0.2) is 29.6 Å². The van der Waals surface area contributed by atoms with Crippen LogP contribution in [0.3, 0.4) is 0 Å². The molecular formula is C15H13ClN4O2S2. The normalized spacial score (nSPS) is 14.2. The fraction of sp³-hybridized carbons (Fsp3) is 0.200. The van der Waals surface area contributed by atoms with Crippen LogP contribution in [0.5, 0.6) is 0 Å². The molecule has 1 N–H and O–H groups in total. The number of para-hydroxylation sites is 1. The van der Waals surface area contributed by atoms with Crippen molar-refractivity contribution in [3.05, 3.63) is 40.5 Å². The summed E-state index contributed by atoms with van der Waals surface area (Å²) in [6.07, 6.45) is 1.91. The standard InChI is InChI=1S/C15H13ClN4O2S2/c1-24(21,22)20-7-5-9-3-2-4-10(12(9)20)17-14-13-11(6-8-23-13)18-15(16)19-14/h2-4,6,8H,5,7H2,1H3,(H,17,18,19). The Bertz CT molecular complexity index is 1050. The molecule has 0 atom stereocenters. The second kappa shape index (κ2) is 5.58. The van der Waals surface area contributed by atoms with Crippen molar-refractivity contribution in [2.24, 2.45) is 0 Å². The number of nitrogens with zero attached hydrogens (tertiary/aromatic N) is 3. The van der Waals surface area contributed by atoms with Crippen LogP contribution in [0, 0.1) is 0 Å². The molecule has 0 radical (unpaired) electrons. The third-order valence-electron chi connectivity index (χ3n) is 3.88. The Hall–Kier alpha value is -1.90. The zero-order valence-electron chi connectivity index (χ0n) is 12.7. The highest BCUT2D eigenvalue weighted by molar-refractivity contribution is 7.92. The lowest BCUT2D eigenvalue weighted by molar-refractivity contribution is 0.598. The molecule has 0 fully saturated rings. The van der Waals surface area contributed by atoms with E-state index in [1.807, 2.05) is 29.6 Å². The van der Waals surface area contributed by atoms with Gasteiger partial charge in [-0.1, -0.05) is 12.1 Å². The van der Waals surface area contributed by atoms with Gasteiger partial charge in [-0.15, -0.1) is 11.3 Å². The molecule has 4 rings (SSSR count). The van der Waals surface area contributed by atoms with E-state index in [0.717, 1.165) is 15.8 Å². The topological polar surface area (TPSA) is 75.2 Å². The molecule has 0 saturated carbocycles. The number of anilines is 3. The quantitative estimate of drug-likeness (QED) is 0.705. The van der Waals surface area contributed by atoms with Gasteiger partial charge < -0.3 is 5.32 Å². The lowest BCUT2D eigenvalue weighted by Gasteiger charge is -2.20. The molecule has 9 heteroatoms. The predicted molar refractivity (Wildman–Crippen MR) is 98.0 cm³/mol. The monoisotopic (exact) mass is 380 g/mol. The Morgan fingerprint density at radius 1 is 1.29 bits per heavy atom. The average molecular weight is 381 g/mol. The molecule has 0 spiro atoms. The first-order chi connectivity index (χ1) is 11.4. The van der Waals surface area contributed by atoms with Crippen molar-refractivity contribution in [3.63, 3.8) is 0 Å². The van der Waals surface area contributed by atoms with E-state index in [4.69, 9.17) is 11.6 Å². The number of fused-ring (bicyclic) bond motifs is 2. The molecule has 3 aromatic rings. The molecule has 1 aliphatic rings. The van der Waals surface area contributed by atoms with Gasteiger partial charge in [0, 0.05) is 6.54 Å². The largest absolute Gasteiger partial charge is 0.337 e. The number of hydrogen-bond donors (Lipinski definition) is 1. The zero-order chi connectivity index (χ0) is 16.9. The van der Waals surface area contributed by atoms with Crippen molar-refractivity contribution in [1.29, 1.82) is 0 Å². The van der Waals surface area contributed by atoms with Gasteiger partial charge in [0.2, 0.25) is 15.3 Å². The summed E-state index contributed by atoms with van der Waals surface area (Å²) in [5, 5.41) is 5.31. The van der Waals surface area contributed by atoms with E-state index >= 15 is 0 Å². The van der Waals surface area contributed by atoms with Gasteiger partial charge in [0.05, 0.1) is 27.8 Å². The van der Waals surface area contributed by atoms with Crippen LogP contribution < -0.4 is 9.62 Å². The van der Waals surface area contributed by atoms with Crippen molar-refractivity contribution >= 4 is 60.4 Å². The summed E-state index contributed by atoms with van der Waals surface area (Å²) < 4.78 is 26.5. The molecule has 124 valence electrons. The van der Waals surface area contributed by atoms with Crippen LogP contribution in [0.2, 0.25) is 5.28 Å². The van der Waals surface area contributed by atoms with E-state index in [0.29, 0.717) is 30.2 Å². The van der Waals surface area contributed by atoms with Gasteiger partial charge in [0.1, 0.15) is 0 Å². The number of halogens is 1. The van der Waals surface area contributed by atoms with Crippen molar-refractivity contribution in [3.8, 4) is 0 Å². The van der Waals surface area contributed by atoms with Crippen LogP contribution in [0.25, 0.3) is 10.2 Å². The first-order valence-electron chi connectivity index (χ1n) is 7.21. The van der Waals surface area contributed by atoms with E-state index in [1.165, 1.54) is 21.9 Å². The lowest BCUT2D eigenvalue weighted by Crippen LogP contribution is -2.28. The van der Waals surface area contributed by atoms with Gasteiger partial charge in [0.25, 0.3) is 0 Å². The minimum atomic E-state index is -3.33. The van der Waals surface area contributed by atoms with Gasteiger partial charge in [0.15, 0.2) is 5.82 Å². The number of hydrogen-bond acceptors (Lipinski definition) is 6. The third-order valence-corrected chi connectivity index (χ3v) is 6.13. The average Bonchev–Trinajstić information content (AvgIpc) is 3.12. The molecule has 24 heavy (non-hydrogen) atoms. The summed E-state index contributed by atoms with van der Waals surface area (Å²) in [4.78, 5) is 8.45. The Morgan fingerprint density at radius 2 is 2.12 bits per heavy atom. The van der Waals surface area contributed by atoms with Crippen LogP contribution in [-0.4, -0.2) is 31.2 Å². The number of aromatic nitrogens is 2. The summed E-state index contributed by atoms with van der Waals surface area (Å²) in [6, 6.07) is 7.56. The van der Waals surface area contributed by atoms with Crippen LogP contribution in [0.1, 0.15) is 5.56 Å². The third kappa shape index (κ3) is 2.60. The van der Waals surface area contributed by atoms with Gasteiger partial charge in [-0.25, -0.2) is 13.4 Å². The van der Waals surface area contributed by atoms with Crippen molar-refractivity contribution in [2.75, 3.05) is 22.4 Å². The second-order valence-corrected chi connectivity index (χ2v) is 8.66. The summed E-state index contributed by atoms with van der Waals surface area (Å²) in [5.74, 6) is 0.578. The van der Waals surface area contributed by atoms with Crippen LogP contribution >= 0.6 is 22.9 Å². The molecule has 3 heterocycles. The molecule has 0 bridgehead atoms. The molecule has 0 saturated heterocycles. The summed E-state index contributed by atoms with van der Waals surface area (Å²) >= 11 is 7.51. The molecule has 1 aliphatic heterocycles. The van der Waals surface area contributed by atoms with Crippen molar-refractivity contribution < 1.29 is 8.42 Å². The van der Waals surface area contributed by atoms with Gasteiger partial charge >= 0.3 is 0 Å². The second-order valence-electron chi connectivity index (χ2n) is 5.50. The number of nitrogens with one attached hydrogen (secondary N) is 1. The maximum Gasteiger partial charge on any atom is 0.232 e. The van der Waals surface area contributed by atoms with Crippen molar-refractivity contribution in [1.82, 2.24) is 9.97 Å². The number of thiophene rings is 1. The molecular weight excluding hydrogens is 368 g/mol. The number of rotatable bonds is 3. The summed E-state index contributed by atoms with van der Waals surface area (Å²) in [6.45, 7) is 0.450. The SMILES string of the molecule is CS(=O)(=O)N1CCc2cccc(Nc3nc(Cl)nc4ccsc34)c21. The van der Waals surface area contributed by atoms with E-state index in [-0.39, 0.29) is 5.28 Å². The smallest absolute Gasteiger partial charge is 0.232 e. The molecule has 0 amide bonds. The Balaban J connectivity index is 1.84. The van der Waals surface area contributed by atoms with E-state index in [1.54, 1.807) is 0 Å². The molecule has 0 unspecified atom stereocenters. The van der Waals surface area contributed by atoms with Gasteiger partial charge in [-0.2, -0.15) is 4.98 Å². The zero-order valence-corrected chi connectivity index (χ0v) is 15.0. The molecule has 2 aromatic heterocycles. The van der Waals surface area contributed by atoms with Gasteiger partial charge in [-0.3, -0.25) is 4.31 Å². The molecule has 0 aliphatic carbocycles. The first-order valence-corrected chi connectivity index (χ1v) is 10.3. The minimum Gasteiger partial charge on any atom is -0.337 e. The summed E-state index contributed by atoms with van der Waals surface area (Å²) in [5.41, 5.74) is 3.13. The van der Waals surface area contributed by atoms with Gasteiger partial charge in [-0.05, 0) is 41.1 Å². The van der Waals surface area contributed by atoms with Crippen LogP contribution in [-0.2, 0) is 16.4 Å². The minimum absolute atomic E-state index is 0.149. The fourth-order valence-electron chi connectivity index (χ4n) is 2.90. The number of benzene rings is 1. The highest BCUT2D eigenvalue weighted by Crippen LogP contribution is 2.39. The Morgan fingerprint density at radius 3 is 2.92 bits per heavy atom. The van der Waals surface area contributed by atoms with Crippen molar-refractivity contribution in [2.45, 2.75) is 6.42 Å². The first kappa shape index (κ1) is 15.6. The highest BCUT2D eigenvalue weighted by atomic mass is 35.5. The highest BCUT2D eigenvalue weighted by Gasteiger charge is 2.29. The Kier molecular flexibility index (Phi) is 3.63.